The first-order chi connectivity index (χ1) is 7.87. The second kappa shape index (κ2) is 6.98. The van der Waals surface area contributed by atoms with Gasteiger partial charge in [0.1, 0.15) is 11.6 Å². The van der Waals surface area contributed by atoms with Gasteiger partial charge >= 0.3 is 0 Å². The minimum Gasteiger partial charge on any atom is -0.318 e. The second-order valence-electron chi connectivity index (χ2n) is 3.54. The number of nitrogens with zero attached hydrogens (tertiary/aromatic N) is 1. The summed E-state index contributed by atoms with van der Waals surface area (Å²) in [5, 5.41) is 2.79. The van der Waals surface area contributed by atoms with Crippen molar-refractivity contribution in [1.82, 2.24) is 9.62 Å². The zero-order chi connectivity index (χ0) is 13.1. The molecule has 0 saturated carbocycles. The summed E-state index contributed by atoms with van der Waals surface area (Å²) in [5.41, 5.74) is 0. The smallest absolute Gasteiger partial charge is 0.243 e. The SMILES string of the molecule is CNCCN(C)S(=O)(=O)c1cc(F)cc(F)c1.Cl. The van der Waals surface area contributed by atoms with E-state index in [1.807, 2.05) is 0 Å². The van der Waals surface area contributed by atoms with E-state index in [4.69, 9.17) is 0 Å². The Morgan fingerprint density at radius 2 is 1.72 bits per heavy atom. The number of rotatable bonds is 5. The molecule has 0 heterocycles. The molecule has 0 bridgehead atoms. The van der Waals surface area contributed by atoms with Gasteiger partial charge in [0.2, 0.25) is 10.0 Å². The van der Waals surface area contributed by atoms with Crippen LogP contribution in [0.1, 0.15) is 0 Å². The van der Waals surface area contributed by atoms with Crippen LogP contribution in [0.2, 0.25) is 0 Å². The van der Waals surface area contributed by atoms with Crippen LogP contribution < -0.4 is 5.32 Å². The van der Waals surface area contributed by atoms with Crippen molar-refractivity contribution in [2.45, 2.75) is 4.90 Å². The molecule has 1 rings (SSSR count). The van der Waals surface area contributed by atoms with Crippen LogP contribution in [0.15, 0.2) is 23.1 Å². The molecule has 18 heavy (non-hydrogen) atoms. The highest BCUT2D eigenvalue weighted by Gasteiger charge is 2.21. The molecule has 0 spiro atoms. The van der Waals surface area contributed by atoms with E-state index in [-0.39, 0.29) is 23.8 Å². The first-order valence-corrected chi connectivity index (χ1v) is 6.39. The molecule has 1 aromatic rings. The zero-order valence-corrected chi connectivity index (χ0v) is 11.6. The molecule has 0 saturated heterocycles. The van der Waals surface area contributed by atoms with E-state index >= 15 is 0 Å². The number of hydrogen-bond acceptors (Lipinski definition) is 3. The van der Waals surface area contributed by atoms with Crippen LogP contribution in [0.5, 0.6) is 0 Å². The molecule has 104 valence electrons. The quantitative estimate of drug-likeness (QED) is 0.890. The van der Waals surface area contributed by atoms with Crippen molar-refractivity contribution in [2.75, 3.05) is 27.2 Å². The third-order valence-corrected chi connectivity index (χ3v) is 4.06. The summed E-state index contributed by atoms with van der Waals surface area (Å²) in [4.78, 5) is -0.381. The minimum atomic E-state index is -3.84. The van der Waals surface area contributed by atoms with Gasteiger partial charge in [-0.2, -0.15) is 4.31 Å². The molecule has 8 heteroatoms. The predicted molar refractivity (Wildman–Crippen MR) is 67.3 cm³/mol. The monoisotopic (exact) mass is 300 g/mol. The lowest BCUT2D eigenvalue weighted by Crippen LogP contribution is -2.32. The highest BCUT2D eigenvalue weighted by molar-refractivity contribution is 7.89. The van der Waals surface area contributed by atoms with E-state index in [9.17, 15) is 17.2 Å². The van der Waals surface area contributed by atoms with Crippen molar-refractivity contribution in [3.8, 4) is 0 Å². The minimum absolute atomic E-state index is 0. The van der Waals surface area contributed by atoms with Gasteiger partial charge in [-0.15, -0.1) is 12.4 Å². The fourth-order valence-corrected chi connectivity index (χ4v) is 2.46. The van der Waals surface area contributed by atoms with Crippen molar-refractivity contribution in [2.24, 2.45) is 0 Å². The Morgan fingerprint density at radius 3 is 2.17 bits per heavy atom. The second-order valence-corrected chi connectivity index (χ2v) is 5.58. The summed E-state index contributed by atoms with van der Waals surface area (Å²) in [6.07, 6.45) is 0. The molecule has 0 aliphatic heterocycles. The maximum absolute atomic E-state index is 12.9. The largest absolute Gasteiger partial charge is 0.318 e. The molecule has 4 nitrogen and oxygen atoms in total. The summed E-state index contributed by atoms with van der Waals surface area (Å²) in [6.45, 7) is 0.671. The highest BCUT2D eigenvalue weighted by Crippen LogP contribution is 2.16. The average Bonchev–Trinajstić information content (AvgIpc) is 2.24. The lowest BCUT2D eigenvalue weighted by molar-refractivity contribution is 0.464. The van der Waals surface area contributed by atoms with Gasteiger partial charge in [0.05, 0.1) is 4.90 Å². The number of likely N-dealkylation sites (N-methyl/N-ethyl adjacent to an activating group) is 2. The molecule has 0 amide bonds. The van der Waals surface area contributed by atoms with E-state index < -0.39 is 21.7 Å². The Bertz CT molecular complexity index is 476. The topological polar surface area (TPSA) is 49.4 Å². The van der Waals surface area contributed by atoms with Crippen molar-refractivity contribution < 1.29 is 17.2 Å². The maximum Gasteiger partial charge on any atom is 0.243 e. The van der Waals surface area contributed by atoms with E-state index in [2.05, 4.69) is 5.32 Å². The summed E-state index contributed by atoms with van der Waals surface area (Å²) >= 11 is 0. The maximum atomic E-state index is 12.9. The van der Waals surface area contributed by atoms with Crippen molar-refractivity contribution >= 4 is 22.4 Å². The summed E-state index contributed by atoms with van der Waals surface area (Å²) in [7, 11) is -0.803. The van der Waals surface area contributed by atoms with Gasteiger partial charge in [-0.25, -0.2) is 17.2 Å². The van der Waals surface area contributed by atoms with E-state index in [0.717, 1.165) is 16.4 Å². The number of halogens is 3. The Kier molecular flexibility index (Phi) is 6.69. The fourth-order valence-electron chi connectivity index (χ4n) is 1.25. The molecule has 0 atom stereocenters. The highest BCUT2D eigenvalue weighted by atomic mass is 35.5. The van der Waals surface area contributed by atoms with Gasteiger partial charge in [0.25, 0.3) is 0 Å². The Balaban J connectivity index is 0.00000289. The number of sulfonamides is 1. The molecule has 0 aliphatic carbocycles. The van der Waals surface area contributed by atoms with Crippen LogP contribution in [0.25, 0.3) is 0 Å². The first-order valence-electron chi connectivity index (χ1n) is 4.95. The van der Waals surface area contributed by atoms with Crippen LogP contribution in [0.3, 0.4) is 0 Å². The molecule has 0 aromatic heterocycles. The standard InChI is InChI=1S/C10H14F2N2O2S.ClH/c1-13-3-4-14(2)17(15,16)10-6-8(11)5-9(12)7-10;/h5-7,13H,3-4H2,1-2H3;1H. The number of benzene rings is 1. The Labute approximate surface area is 111 Å². The van der Waals surface area contributed by atoms with E-state index in [1.54, 1.807) is 7.05 Å². The summed E-state index contributed by atoms with van der Waals surface area (Å²) < 4.78 is 50.7. The molecule has 0 unspecified atom stereocenters. The van der Waals surface area contributed by atoms with Crippen molar-refractivity contribution in [3.05, 3.63) is 29.8 Å². The summed E-state index contributed by atoms with van der Waals surface area (Å²) in [5.74, 6) is -1.82. The van der Waals surface area contributed by atoms with Crippen LogP contribution in [0, 0.1) is 11.6 Å². The third kappa shape index (κ3) is 4.16. The predicted octanol–water partition coefficient (Wildman–Crippen LogP) is 1.23. The molecular weight excluding hydrogens is 286 g/mol. The first kappa shape index (κ1) is 17.2. The molecule has 1 aromatic carbocycles. The normalized spacial score (nSPS) is 11.4. The molecule has 0 fully saturated rings. The zero-order valence-electron chi connectivity index (χ0n) is 9.98. The van der Waals surface area contributed by atoms with Crippen LogP contribution >= 0.6 is 12.4 Å². The van der Waals surface area contributed by atoms with Crippen molar-refractivity contribution in [1.29, 1.82) is 0 Å². The molecular formula is C10H15ClF2N2O2S. The fraction of sp³-hybridized carbons (Fsp3) is 0.400. The molecule has 0 radical (unpaired) electrons. The molecule has 0 aliphatic rings. The van der Waals surface area contributed by atoms with Crippen LogP contribution in [-0.4, -0.2) is 39.9 Å². The van der Waals surface area contributed by atoms with Gasteiger partial charge in [-0.1, -0.05) is 0 Å². The number of nitrogens with one attached hydrogen (secondary N) is 1. The van der Waals surface area contributed by atoms with Gasteiger partial charge in [0.15, 0.2) is 0 Å². The average molecular weight is 301 g/mol. The lowest BCUT2D eigenvalue weighted by Gasteiger charge is -2.16. The Hall–Kier alpha value is -0.760. The third-order valence-electron chi connectivity index (χ3n) is 2.22. The lowest BCUT2D eigenvalue weighted by atomic mass is 10.3. The van der Waals surface area contributed by atoms with Crippen LogP contribution in [-0.2, 0) is 10.0 Å². The Morgan fingerprint density at radius 1 is 1.22 bits per heavy atom. The number of hydrogen-bond donors (Lipinski definition) is 1. The molecule has 1 N–H and O–H groups in total. The van der Waals surface area contributed by atoms with E-state index in [1.165, 1.54) is 7.05 Å². The van der Waals surface area contributed by atoms with E-state index in [0.29, 0.717) is 12.6 Å². The van der Waals surface area contributed by atoms with Gasteiger partial charge in [0, 0.05) is 26.2 Å². The van der Waals surface area contributed by atoms with Gasteiger partial charge < -0.3 is 5.32 Å². The summed E-state index contributed by atoms with van der Waals surface area (Å²) in [6, 6.07) is 2.23. The van der Waals surface area contributed by atoms with Crippen LogP contribution in [0.4, 0.5) is 8.78 Å². The van der Waals surface area contributed by atoms with Crippen molar-refractivity contribution in [3.63, 3.8) is 0 Å². The van der Waals surface area contributed by atoms with Gasteiger partial charge in [-0.3, -0.25) is 0 Å². The van der Waals surface area contributed by atoms with Gasteiger partial charge in [-0.05, 0) is 19.2 Å².